The van der Waals surface area contributed by atoms with Crippen molar-refractivity contribution in [3.63, 3.8) is 0 Å². The summed E-state index contributed by atoms with van der Waals surface area (Å²) in [5, 5.41) is 18.4. The van der Waals surface area contributed by atoms with Gasteiger partial charge in [0.2, 0.25) is 0 Å². The van der Waals surface area contributed by atoms with Crippen LogP contribution in [0, 0.1) is 6.92 Å². The molecule has 2 atom stereocenters. The fourth-order valence-corrected chi connectivity index (χ4v) is 1.29. The zero-order valence-corrected chi connectivity index (χ0v) is 7.86. The van der Waals surface area contributed by atoms with E-state index in [2.05, 4.69) is 0 Å². The fourth-order valence-electron chi connectivity index (χ4n) is 1.29. The molecule has 72 valence electrons. The van der Waals surface area contributed by atoms with Gasteiger partial charge in [-0.3, -0.25) is 0 Å². The van der Waals surface area contributed by atoms with Crippen molar-refractivity contribution >= 4 is 0 Å². The predicted molar refractivity (Wildman–Crippen MR) is 51.5 cm³/mol. The van der Waals surface area contributed by atoms with E-state index in [4.69, 9.17) is 10.8 Å². The van der Waals surface area contributed by atoms with E-state index in [-0.39, 0.29) is 11.8 Å². The normalized spacial score (nSPS) is 15.4. The van der Waals surface area contributed by atoms with Gasteiger partial charge in [0.05, 0.1) is 12.1 Å². The Morgan fingerprint density at radius 1 is 1.38 bits per heavy atom. The van der Waals surface area contributed by atoms with E-state index >= 15 is 0 Å². The molecule has 3 nitrogen and oxygen atoms in total. The summed E-state index contributed by atoms with van der Waals surface area (Å²) in [7, 11) is 0. The highest BCUT2D eigenvalue weighted by Gasteiger charge is 2.13. The highest BCUT2D eigenvalue weighted by atomic mass is 16.3. The number of benzene rings is 1. The molecule has 0 aliphatic rings. The number of rotatable bonds is 2. The van der Waals surface area contributed by atoms with Crippen LogP contribution >= 0.6 is 0 Å². The zero-order valence-electron chi connectivity index (χ0n) is 7.86. The maximum atomic E-state index is 9.28. The summed E-state index contributed by atoms with van der Waals surface area (Å²) in [4.78, 5) is 0. The van der Waals surface area contributed by atoms with Crippen LogP contribution in [0.15, 0.2) is 18.2 Å². The molecule has 0 fully saturated rings. The SMILES string of the molecule is Cc1cc(O)ccc1[C@@H](N)[C@H](C)O. The molecule has 0 saturated carbocycles. The Kier molecular flexibility index (Phi) is 2.90. The first-order valence-electron chi connectivity index (χ1n) is 4.25. The van der Waals surface area contributed by atoms with Gasteiger partial charge in [-0.1, -0.05) is 6.07 Å². The van der Waals surface area contributed by atoms with Crippen molar-refractivity contribution in [3.8, 4) is 5.75 Å². The van der Waals surface area contributed by atoms with Crippen molar-refractivity contribution in [2.75, 3.05) is 0 Å². The maximum Gasteiger partial charge on any atom is 0.115 e. The Morgan fingerprint density at radius 3 is 2.46 bits per heavy atom. The number of aliphatic hydroxyl groups is 1. The van der Waals surface area contributed by atoms with Crippen LogP contribution in [0.1, 0.15) is 24.1 Å². The standard InChI is InChI=1S/C10H15NO2/c1-6-5-8(13)3-4-9(6)10(11)7(2)12/h3-5,7,10,12-13H,11H2,1-2H3/t7-,10-/m0/s1. The number of aromatic hydroxyl groups is 1. The van der Waals surface area contributed by atoms with E-state index in [0.717, 1.165) is 11.1 Å². The third kappa shape index (κ3) is 2.20. The number of aryl methyl sites for hydroxylation is 1. The van der Waals surface area contributed by atoms with Crippen LogP contribution in [-0.2, 0) is 0 Å². The van der Waals surface area contributed by atoms with Gasteiger partial charge >= 0.3 is 0 Å². The van der Waals surface area contributed by atoms with E-state index in [1.54, 1.807) is 25.1 Å². The van der Waals surface area contributed by atoms with Crippen LogP contribution in [0.5, 0.6) is 5.75 Å². The van der Waals surface area contributed by atoms with Gasteiger partial charge in [0.15, 0.2) is 0 Å². The molecule has 0 heterocycles. The molecule has 0 bridgehead atoms. The summed E-state index contributed by atoms with van der Waals surface area (Å²) < 4.78 is 0. The summed E-state index contributed by atoms with van der Waals surface area (Å²) >= 11 is 0. The molecule has 0 aromatic heterocycles. The summed E-state index contributed by atoms with van der Waals surface area (Å²) in [5.41, 5.74) is 7.52. The predicted octanol–water partition coefficient (Wildman–Crippen LogP) is 1.08. The van der Waals surface area contributed by atoms with Gasteiger partial charge in [-0.05, 0) is 37.1 Å². The van der Waals surface area contributed by atoms with E-state index < -0.39 is 6.10 Å². The Labute approximate surface area is 77.8 Å². The van der Waals surface area contributed by atoms with Crippen LogP contribution in [0.25, 0.3) is 0 Å². The zero-order chi connectivity index (χ0) is 10.0. The van der Waals surface area contributed by atoms with Crippen molar-refractivity contribution in [2.24, 2.45) is 5.73 Å². The minimum absolute atomic E-state index is 0.221. The molecule has 0 spiro atoms. The second-order valence-corrected chi connectivity index (χ2v) is 3.31. The lowest BCUT2D eigenvalue weighted by atomic mass is 9.98. The van der Waals surface area contributed by atoms with E-state index in [1.165, 1.54) is 0 Å². The Balaban J connectivity index is 3.01. The second kappa shape index (κ2) is 3.77. The smallest absolute Gasteiger partial charge is 0.115 e. The van der Waals surface area contributed by atoms with Crippen molar-refractivity contribution in [2.45, 2.75) is 26.0 Å². The number of hydrogen-bond donors (Lipinski definition) is 3. The van der Waals surface area contributed by atoms with Crippen LogP contribution in [0.4, 0.5) is 0 Å². The lowest BCUT2D eigenvalue weighted by Gasteiger charge is -2.17. The van der Waals surface area contributed by atoms with Gasteiger partial charge in [0.1, 0.15) is 5.75 Å². The van der Waals surface area contributed by atoms with E-state index in [1.807, 2.05) is 6.92 Å². The second-order valence-electron chi connectivity index (χ2n) is 3.31. The van der Waals surface area contributed by atoms with E-state index in [0.29, 0.717) is 0 Å². The highest BCUT2D eigenvalue weighted by Crippen LogP contribution is 2.22. The molecule has 4 N–H and O–H groups in total. The van der Waals surface area contributed by atoms with Gasteiger partial charge in [0.25, 0.3) is 0 Å². The van der Waals surface area contributed by atoms with Crippen molar-refractivity contribution in [3.05, 3.63) is 29.3 Å². The molecule has 0 amide bonds. The molecule has 1 aromatic carbocycles. The molecule has 0 saturated heterocycles. The minimum Gasteiger partial charge on any atom is -0.508 e. The Morgan fingerprint density at radius 2 is 2.00 bits per heavy atom. The van der Waals surface area contributed by atoms with Crippen molar-refractivity contribution in [1.29, 1.82) is 0 Å². The molecule has 0 aliphatic carbocycles. The molecule has 0 radical (unpaired) electrons. The number of aliphatic hydroxyl groups excluding tert-OH is 1. The first kappa shape index (κ1) is 10.0. The highest BCUT2D eigenvalue weighted by molar-refractivity contribution is 5.36. The lowest BCUT2D eigenvalue weighted by Crippen LogP contribution is -2.23. The average Bonchev–Trinajstić information content (AvgIpc) is 2.03. The van der Waals surface area contributed by atoms with Crippen LogP contribution in [0.2, 0.25) is 0 Å². The summed E-state index contributed by atoms with van der Waals surface area (Å²) in [6.07, 6.45) is -0.580. The molecular weight excluding hydrogens is 166 g/mol. The largest absolute Gasteiger partial charge is 0.508 e. The van der Waals surface area contributed by atoms with Gasteiger partial charge in [0, 0.05) is 0 Å². The fraction of sp³-hybridized carbons (Fsp3) is 0.400. The lowest BCUT2D eigenvalue weighted by molar-refractivity contribution is 0.164. The quantitative estimate of drug-likeness (QED) is 0.639. The number of phenolic OH excluding ortho intramolecular Hbond substituents is 1. The van der Waals surface area contributed by atoms with Crippen molar-refractivity contribution < 1.29 is 10.2 Å². The third-order valence-corrected chi connectivity index (χ3v) is 2.13. The van der Waals surface area contributed by atoms with Crippen LogP contribution in [-0.4, -0.2) is 16.3 Å². The number of nitrogens with two attached hydrogens (primary N) is 1. The minimum atomic E-state index is -0.580. The molecule has 3 heteroatoms. The Hall–Kier alpha value is -1.06. The summed E-state index contributed by atoms with van der Waals surface area (Å²) in [5.74, 6) is 0.221. The van der Waals surface area contributed by atoms with Gasteiger partial charge < -0.3 is 15.9 Å². The first-order valence-corrected chi connectivity index (χ1v) is 4.25. The molecule has 1 aromatic rings. The maximum absolute atomic E-state index is 9.28. The third-order valence-electron chi connectivity index (χ3n) is 2.13. The molecule has 13 heavy (non-hydrogen) atoms. The summed E-state index contributed by atoms with van der Waals surface area (Å²) in [6, 6.07) is 4.56. The van der Waals surface area contributed by atoms with Crippen molar-refractivity contribution in [1.82, 2.24) is 0 Å². The molecule has 0 unspecified atom stereocenters. The number of phenols is 1. The first-order chi connectivity index (χ1) is 6.02. The van der Waals surface area contributed by atoms with Crippen LogP contribution in [0.3, 0.4) is 0 Å². The van der Waals surface area contributed by atoms with E-state index in [9.17, 15) is 5.11 Å². The molecule has 1 rings (SSSR count). The van der Waals surface area contributed by atoms with Gasteiger partial charge in [-0.25, -0.2) is 0 Å². The Bertz CT molecular complexity index is 297. The summed E-state index contributed by atoms with van der Waals surface area (Å²) in [6.45, 7) is 3.51. The number of hydrogen-bond acceptors (Lipinski definition) is 3. The average molecular weight is 181 g/mol. The molecule has 0 aliphatic heterocycles. The van der Waals surface area contributed by atoms with Gasteiger partial charge in [-0.2, -0.15) is 0 Å². The molecular formula is C10H15NO2. The van der Waals surface area contributed by atoms with Gasteiger partial charge in [-0.15, -0.1) is 0 Å². The topological polar surface area (TPSA) is 66.5 Å². The van der Waals surface area contributed by atoms with Crippen LogP contribution < -0.4 is 5.73 Å². The monoisotopic (exact) mass is 181 g/mol.